The Morgan fingerprint density at radius 3 is 2.10 bits per heavy atom. The summed E-state index contributed by atoms with van der Waals surface area (Å²) in [5, 5.41) is 22.5. The van der Waals surface area contributed by atoms with Gasteiger partial charge >= 0.3 is 13.6 Å². The number of carboxylic acids is 1. The van der Waals surface area contributed by atoms with Crippen LogP contribution in [-0.4, -0.2) is 47.3 Å². The number of aliphatic hydroxyl groups excluding tert-OH is 1. The molecule has 0 fully saturated rings. The molecule has 9 heteroatoms. The van der Waals surface area contributed by atoms with Crippen LogP contribution in [0.3, 0.4) is 0 Å². The fourth-order valence-corrected chi connectivity index (χ4v) is 3.37. The van der Waals surface area contributed by atoms with E-state index >= 15 is 0 Å². The maximum atomic E-state index is 12.6. The van der Waals surface area contributed by atoms with E-state index in [2.05, 4.69) is 10.2 Å². The second-order valence-corrected chi connectivity index (χ2v) is 6.94. The summed E-state index contributed by atoms with van der Waals surface area (Å²) in [6.45, 7) is 6.12. The molecule has 0 aromatic rings. The first-order chi connectivity index (χ1) is 9.63. The lowest BCUT2D eigenvalue weighted by Gasteiger charge is -2.25. The summed E-state index contributed by atoms with van der Waals surface area (Å²) in [6, 6.07) is -1.86. The Balaban J connectivity index is 4.90. The van der Waals surface area contributed by atoms with Gasteiger partial charge in [0.15, 0.2) is 5.78 Å². The molecule has 0 bridgehead atoms. The Hall–Kier alpha value is -0.790. The van der Waals surface area contributed by atoms with Crippen molar-refractivity contribution in [2.45, 2.75) is 46.2 Å². The predicted octanol–water partition coefficient (Wildman–Crippen LogP) is 0.759. The number of carbonyl (C=O) groups excluding carboxylic acids is 1. The van der Waals surface area contributed by atoms with E-state index in [9.17, 15) is 14.2 Å². The monoisotopic (exact) mass is 324 g/mol. The Morgan fingerprint density at radius 1 is 1.14 bits per heavy atom. The maximum Gasteiger partial charge on any atom is 0.342 e. The highest BCUT2D eigenvalue weighted by Crippen LogP contribution is 2.39. The third-order valence-corrected chi connectivity index (χ3v) is 4.67. The quantitative estimate of drug-likeness (QED) is 0.324. The molecule has 0 saturated carbocycles. The molecule has 0 heterocycles. The average molecular weight is 324 g/mol. The highest BCUT2D eigenvalue weighted by Gasteiger charge is 2.32. The van der Waals surface area contributed by atoms with E-state index in [-0.39, 0.29) is 31.3 Å². The van der Waals surface area contributed by atoms with E-state index in [1.807, 2.05) is 0 Å². The lowest BCUT2D eigenvalue weighted by molar-refractivity contribution is -0.138. The van der Waals surface area contributed by atoms with Crippen molar-refractivity contribution >= 4 is 19.4 Å². The third kappa shape index (κ3) is 7.68. The van der Waals surface area contributed by atoms with Crippen LogP contribution in [0.5, 0.6) is 0 Å². The Morgan fingerprint density at radius 2 is 1.67 bits per heavy atom. The van der Waals surface area contributed by atoms with Gasteiger partial charge in [-0.3, -0.25) is 14.2 Å². The van der Waals surface area contributed by atoms with Crippen LogP contribution in [0.4, 0.5) is 0 Å². The molecule has 0 saturated heterocycles. The first-order valence-electron chi connectivity index (χ1n) is 6.80. The van der Waals surface area contributed by atoms with Gasteiger partial charge in [0, 0.05) is 12.5 Å². The van der Waals surface area contributed by atoms with Gasteiger partial charge in [-0.05, 0) is 20.3 Å². The molecule has 0 aliphatic heterocycles. The topological polar surface area (TPSA) is 125 Å². The number of hydrogen-bond acceptors (Lipinski definition) is 5. The average Bonchev–Trinajstić information content (AvgIpc) is 2.37. The molecule has 3 atom stereocenters. The second kappa shape index (κ2) is 9.27. The lowest BCUT2D eigenvalue weighted by atomic mass is 10.0. The van der Waals surface area contributed by atoms with Crippen molar-refractivity contribution in [3.05, 3.63) is 0 Å². The summed E-state index contributed by atoms with van der Waals surface area (Å²) in [5.41, 5.74) is 0. The van der Waals surface area contributed by atoms with Crippen LogP contribution in [0.2, 0.25) is 0 Å². The fourth-order valence-electron chi connectivity index (χ4n) is 1.50. The smallest absolute Gasteiger partial charge is 0.342 e. The van der Waals surface area contributed by atoms with Gasteiger partial charge in [0.1, 0.15) is 6.04 Å². The Kier molecular flexibility index (Phi) is 8.92. The molecule has 0 aliphatic rings. The molecule has 0 radical (unpaired) electrons. The Bertz CT molecular complexity index is 401. The standard InChI is InChI=1S/C12H25N2O6P/c1-8(2)11(16)9(3)13-21(19,20-7-5-6-15)14-10(4)12(17)18/h8-10,15H,5-7H2,1-4H3,(H,17,18)(H2,13,14,19)/t9-,10-,21?/m0/s1. The van der Waals surface area contributed by atoms with Crippen molar-refractivity contribution in [1.82, 2.24) is 10.2 Å². The van der Waals surface area contributed by atoms with Gasteiger partial charge in [-0.2, -0.15) is 0 Å². The van der Waals surface area contributed by atoms with Gasteiger partial charge in [-0.25, -0.2) is 10.2 Å². The first kappa shape index (κ1) is 20.2. The normalized spacial score (nSPS) is 17.2. The Labute approximate surface area is 124 Å². The van der Waals surface area contributed by atoms with E-state index in [4.69, 9.17) is 14.7 Å². The predicted molar refractivity (Wildman–Crippen MR) is 77.9 cm³/mol. The third-order valence-electron chi connectivity index (χ3n) is 2.67. The molecule has 0 rings (SSSR count). The van der Waals surface area contributed by atoms with Crippen molar-refractivity contribution in [1.29, 1.82) is 0 Å². The minimum absolute atomic E-state index is 0.0251. The number of carbonyl (C=O) groups is 2. The molecule has 0 aromatic carbocycles. The molecule has 0 amide bonds. The van der Waals surface area contributed by atoms with Crippen LogP contribution in [0, 0.1) is 5.92 Å². The number of Topliss-reactive ketones (excluding diaryl/α,β-unsaturated/α-hetero) is 1. The number of aliphatic carboxylic acids is 1. The summed E-state index contributed by atoms with van der Waals surface area (Å²) in [6.07, 6.45) is 0.251. The van der Waals surface area contributed by atoms with Gasteiger partial charge < -0.3 is 14.7 Å². The fraction of sp³-hybridized carbons (Fsp3) is 0.833. The molecular weight excluding hydrogens is 299 g/mol. The van der Waals surface area contributed by atoms with Crippen LogP contribution < -0.4 is 10.2 Å². The van der Waals surface area contributed by atoms with Crippen molar-refractivity contribution in [2.75, 3.05) is 13.2 Å². The van der Waals surface area contributed by atoms with Crippen LogP contribution in [-0.2, 0) is 18.7 Å². The zero-order valence-electron chi connectivity index (χ0n) is 12.8. The van der Waals surface area contributed by atoms with Gasteiger partial charge in [0.2, 0.25) is 0 Å². The second-order valence-electron chi connectivity index (χ2n) is 5.06. The molecule has 0 aliphatic carbocycles. The number of nitrogens with one attached hydrogen (secondary N) is 2. The summed E-state index contributed by atoms with van der Waals surface area (Å²) in [7, 11) is -3.72. The molecule has 0 aromatic heterocycles. The van der Waals surface area contributed by atoms with Gasteiger partial charge in [0.05, 0.1) is 12.6 Å². The molecule has 21 heavy (non-hydrogen) atoms. The van der Waals surface area contributed by atoms with E-state index < -0.39 is 25.7 Å². The van der Waals surface area contributed by atoms with Crippen LogP contribution >= 0.6 is 7.67 Å². The van der Waals surface area contributed by atoms with Crippen molar-refractivity contribution in [2.24, 2.45) is 5.92 Å². The summed E-state index contributed by atoms with van der Waals surface area (Å²) in [4.78, 5) is 22.7. The largest absolute Gasteiger partial charge is 0.480 e. The van der Waals surface area contributed by atoms with Crippen LogP contribution in [0.15, 0.2) is 0 Å². The van der Waals surface area contributed by atoms with Crippen LogP contribution in [0.25, 0.3) is 0 Å². The van der Waals surface area contributed by atoms with Gasteiger partial charge in [0.25, 0.3) is 0 Å². The zero-order chi connectivity index (χ0) is 16.6. The van der Waals surface area contributed by atoms with E-state index in [1.54, 1.807) is 13.8 Å². The van der Waals surface area contributed by atoms with Crippen LogP contribution in [0.1, 0.15) is 34.1 Å². The SMILES string of the molecule is CC(C)C(=O)[C@H](C)NP(=O)(N[C@@H](C)C(=O)O)OCCCO. The lowest BCUT2D eigenvalue weighted by Crippen LogP contribution is -2.42. The molecule has 4 N–H and O–H groups in total. The zero-order valence-corrected chi connectivity index (χ0v) is 13.7. The van der Waals surface area contributed by atoms with E-state index in [1.165, 1.54) is 13.8 Å². The summed E-state index contributed by atoms with van der Waals surface area (Å²) >= 11 is 0. The highest BCUT2D eigenvalue weighted by molar-refractivity contribution is 7.54. The van der Waals surface area contributed by atoms with Crippen molar-refractivity contribution in [3.8, 4) is 0 Å². The van der Waals surface area contributed by atoms with E-state index in [0.717, 1.165) is 0 Å². The highest BCUT2D eigenvalue weighted by atomic mass is 31.2. The van der Waals surface area contributed by atoms with E-state index in [0.29, 0.717) is 0 Å². The number of rotatable bonds is 11. The molecule has 0 spiro atoms. The molecule has 124 valence electrons. The van der Waals surface area contributed by atoms with Gasteiger partial charge in [-0.1, -0.05) is 13.8 Å². The van der Waals surface area contributed by atoms with Gasteiger partial charge in [-0.15, -0.1) is 0 Å². The number of carboxylic acid groups (broad SMARTS) is 1. The molecule has 1 unspecified atom stereocenters. The maximum absolute atomic E-state index is 12.6. The number of aliphatic hydroxyl groups is 1. The van der Waals surface area contributed by atoms with Crippen molar-refractivity contribution in [3.63, 3.8) is 0 Å². The summed E-state index contributed by atoms with van der Waals surface area (Å²) in [5.74, 6) is -1.60. The molecule has 8 nitrogen and oxygen atoms in total. The first-order valence-corrected chi connectivity index (χ1v) is 8.43. The number of ketones is 1. The number of hydrogen-bond donors (Lipinski definition) is 4. The van der Waals surface area contributed by atoms with Crippen molar-refractivity contribution < 1.29 is 28.9 Å². The molecular formula is C12H25N2O6P. The minimum Gasteiger partial charge on any atom is -0.480 e. The minimum atomic E-state index is -3.72. The summed E-state index contributed by atoms with van der Waals surface area (Å²) < 4.78 is 17.7.